The van der Waals surface area contributed by atoms with E-state index in [1.807, 2.05) is 0 Å². The number of carboxylic acids is 3. The molecule has 6 amide bonds. The Labute approximate surface area is 291 Å². The maximum atomic E-state index is 12.7. The monoisotopic (exact) mass is 600 g/mol. The largest absolute Gasteiger partial charge is 1.00 e. The zero-order valence-corrected chi connectivity index (χ0v) is 27.8. The van der Waals surface area contributed by atoms with Crippen molar-refractivity contribution in [2.24, 2.45) is 17.2 Å². The van der Waals surface area contributed by atoms with Crippen molar-refractivity contribution < 1.29 is 152 Å². The number of carbonyl (C=O) groups excluding carboxylic acids is 9. The normalized spacial score (nSPS) is 13.4. The molecule has 0 aromatic rings. The van der Waals surface area contributed by atoms with E-state index < -0.39 is 109 Å². The van der Waals surface area contributed by atoms with Crippen molar-refractivity contribution in [1.29, 1.82) is 0 Å². The second-order valence-corrected chi connectivity index (χ2v) is 7.62. The fourth-order valence-electron chi connectivity index (χ4n) is 2.72. The smallest absolute Gasteiger partial charge is 0.548 e. The van der Waals surface area contributed by atoms with E-state index in [4.69, 9.17) is 17.2 Å². The Morgan fingerprint density at radius 1 is 0.575 bits per heavy atom. The van der Waals surface area contributed by atoms with Crippen LogP contribution in [0.3, 0.4) is 0 Å². The van der Waals surface area contributed by atoms with Crippen LogP contribution in [0.15, 0.2) is 0 Å². The molecule has 40 heavy (non-hydrogen) atoms. The van der Waals surface area contributed by atoms with Gasteiger partial charge in [0.1, 0.15) is 0 Å². The molecule has 3 atom stereocenters. The molecular formula is C18H23N6Na3O13. The van der Waals surface area contributed by atoms with E-state index in [0.29, 0.717) is 0 Å². The number of nitrogens with one attached hydrogen (secondary N) is 3. The Balaban J connectivity index is -0.00000216. The molecule has 19 nitrogen and oxygen atoms in total. The van der Waals surface area contributed by atoms with E-state index in [1.165, 1.54) is 0 Å². The quantitative estimate of drug-likeness (QED) is 0.0763. The Morgan fingerprint density at radius 3 is 1.05 bits per heavy atom. The zero-order chi connectivity index (χ0) is 29.1. The van der Waals surface area contributed by atoms with Crippen molar-refractivity contribution in [3.8, 4) is 0 Å². The molecule has 0 bridgehead atoms. The van der Waals surface area contributed by atoms with Crippen LogP contribution in [-0.4, -0.2) is 82.2 Å². The molecule has 0 heterocycles. The Morgan fingerprint density at radius 2 is 0.825 bits per heavy atom. The van der Waals surface area contributed by atoms with Gasteiger partial charge in [0.15, 0.2) is 5.60 Å². The molecule has 0 radical (unpaired) electrons. The summed E-state index contributed by atoms with van der Waals surface area (Å²) in [5.41, 5.74) is 11.3. The van der Waals surface area contributed by atoms with E-state index in [-0.39, 0.29) is 88.7 Å². The topological polar surface area (TPSA) is 357 Å². The van der Waals surface area contributed by atoms with Gasteiger partial charge in [-0.3, -0.25) is 28.8 Å². The molecule has 22 heteroatoms. The summed E-state index contributed by atoms with van der Waals surface area (Å²) in [5, 5.41) is 49.1. The Bertz CT molecular complexity index is 947. The van der Waals surface area contributed by atoms with Gasteiger partial charge in [-0.1, -0.05) is 0 Å². The molecule has 0 saturated carbocycles. The second-order valence-electron chi connectivity index (χ2n) is 7.62. The molecule has 0 rings (SSSR count). The van der Waals surface area contributed by atoms with Crippen molar-refractivity contribution in [3.63, 3.8) is 0 Å². The van der Waals surface area contributed by atoms with Crippen LogP contribution in [0.4, 0.5) is 0 Å². The zero-order valence-electron chi connectivity index (χ0n) is 21.8. The average Bonchev–Trinajstić information content (AvgIpc) is 2.70. The molecule has 0 aliphatic rings. The summed E-state index contributed by atoms with van der Waals surface area (Å²) in [4.78, 5) is 104. The third-order valence-corrected chi connectivity index (χ3v) is 4.37. The van der Waals surface area contributed by atoms with E-state index >= 15 is 0 Å². The summed E-state index contributed by atoms with van der Waals surface area (Å²) in [6.07, 6.45) is -6.00. The fraction of sp³-hybridized carbons (Fsp3) is 0.500. The van der Waals surface area contributed by atoms with Crippen molar-refractivity contribution in [2.45, 2.75) is 55.8 Å². The third kappa shape index (κ3) is 17.8. The Kier molecular flexibility index (Phi) is 23.7. The first kappa shape index (κ1) is 45.2. The molecule has 0 aromatic carbocycles. The summed E-state index contributed by atoms with van der Waals surface area (Å²) >= 11 is 0. The second kappa shape index (κ2) is 21.0. The number of hydrogen-bond donors (Lipinski definition) is 7. The van der Waals surface area contributed by atoms with Crippen LogP contribution in [0.1, 0.15) is 32.1 Å². The van der Waals surface area contributed by atoms with Crippen LogP contribution in [-0.2, 0) is 43.2 Å². The number of nitrogens with two attached hydrogens (primary N) is 3. The number of primary amides is 3. The molecule has 0 saturated heterocycles. The van der Waals surface area contributed by atoms with E-state index in [9.17, 15) is 63.6 Å². The van der Waals surface area contributed by atoms with Crippen LogP contribution in [0.2, 0.25) is 0 Å². The van der Waals surface area contributed by atoms with Crippen molar-refractivity contribution in [3.05, 3.63) is 0 Å². The maximum Gasteiger partial charge on any atom is 1.00 e. The molecule has 10 N–H and O–H groups in total. The van der Waals surface area contributed by atoms with Gasteiger partial charge >= 0.3 is 88.7 Å². The minimum absolute atomic E-state index is 0. The molecule has 0 spiro atoms. The average molecular weight is 600 g/mol. The first-order valence-electron chi connectivity index (χ1n) is 9.97. The predicted molar refractivity (Wildman–Crippen MR) is 106 cm³/mol. The third-order valence-electron chi connectivity index (χ3n) is 4.37. The van der Waals surface area contributed by atoms with E-state index in [2.05, 4.69) is 0 Å². The van der Waals surface area contributed by atoms with Gasteiger partial charge in [0.25, 0.3) is 5.91 Å². The first-order chi connectivity index (χ1) is 16.9. The molecule has 0 aromatic heterocycles. The summed E-state index contributed by atoms with van der Waals surface area (Å²) in [7, 11) is 0. The van der Waals surface area contributed by atoms with Crippen molar-refractivity contribution >= 4 is 53.4 Å². The SMILES string of the molecule is NC(=O)CC(NC(=O)CC(O)(CC(=O)NC(CC(N)=O)C(=O)[O-])C(=O)NC(CC(N)=O)C(=O)[O-])C(=O)[O-].[Na+].[Na+].[Na+]. The van der Waals surface area contributed by atoms with Crippen LogP contribution in [0, 0.1) is 0 Å². The van der Waals surface area contributed by atoms with Gasteiger partial charge in [-0.05, 0) is 0 Å². The minimum atomic E-state index is -3.24. The summed E-state index contributed by atoms with van der Waals surface area (Å²) in [6, 6.07) is -6.26. The van der Waals surface area contributed by atoms with Crippen LogP contribution in [0.5, 0.6) is 0 Å². The van der Waals surface area contributed by atoms with E-state index in [1.54, 1.807) is 16.0 Å². The van der Waals surface area contributed by atoms with Gasteiger partial charge in [0.05, 0.1) is 68.1 Å². The van der Waals surface area contributed by atoms with Gasteiger partial charge in [0.2, 0.25) is 29.5 Å². The molecule has 3 unspecified atom stereocenters. The van der Waals surface area contributed by atoms with Gasteiger partial charge < -0.3 is 68.0 Å². The summed E-state index contributed by atoms with van der Waals surface area (Å²) in [5.74, 6) is -14.5. The van der Waals surface area contributed by atoms with Gasteiger partial charge in [-0.2, -0.15) is 0 Å². The number of amides is 6. The van der Waals surface area contributed by atoms with Crippen LogP contribution >= 0.6 is 0 Å². The molecule has 0 fully saturated rings. The van der Waals surface area contributed by atoms with Gasteiger partial charge in [0, 0.05) is 0 Å². The van der Waals surface area contributed by atoms with Crippen molar-refractivity contribution in [1.82, 2.24) is 16.0 Å². The maximum absolute atomic E-state index is 12.7. The van der Waals surface area contributed by atoms with Crippen LogP contribution in [0.25, 0.3) is 0 Å². The molecule has 0 aliphatic heterocycles. The Hall–Kier alpha value is -1.81. The molecule has 0 aliphatic carbocycles. The molecular weight excluding hydrogens is 577 g/mol. The van der Waals surface area contributed by atoms with Crippen molar-refractivity contribution in [2.75, 3.05) is 0 Å². The number of carbonyl (C=O) groups is 9. The van der Waals surface area contributed by atoms with Gasteiger partial charge in [-0.25, -0.2) is 0 Å². The fourth-order valence-corrected chi connectivity index (χ4v) is 2.72. The summed E-state index contributed by atoms with van der Waals surface area (Å²) in [6.45, 7) is 0. The number of aliphatic hydroxyl groups is 1. The standard InChI is InChI=1S/C18H26N6O13.3Na/c19-9(25)1-6(14(30)31)22-12(28)4-18(37,17(36)24-8(16(34)35)3-11(21)27)5-13(29)23-7(15(32)33)2-10(20)26;;;/h6-8,37H,1-5H2,(H2,19,25)(H2,20,26)(H2,21,27)(H,22,28)(H,23,29)(H,24,36)(H,30,31)(H,32,33)(H,34,35);;;/q;3*+1/p-3. The number of carboxylic acid groups (broad SMARTS) is 3. The molecule has 206 valence electrons. The summed E-state index contributed by atoms with van der Waals surface area (Å²) < 4.78 is 0. The van der Waals surface area contributed by atoms with Gasteiger partial charge in [-0.15, -0.1) is 0 Å². The van der Waals surface area contributed by atoms with E-state index in [0.717, 1.165) is 0 Å². The number of aliphatic carboxylic acids is 3. The first-order valence-corrected chi connectivity index (χ1v) is 9.97. The number of hydrogen-bond acceptors (Lipinski definition) is 13. The number of rotatable bonds is 17. The predicted octanol–water partition coefficient (Wildman–Crippen LogP) is -19.2. The van der Waals surface area contributed by atoms with Crippen LogP contribution < -0.4 is 137 Å². The minimum Gasteiger partial charge on any atom is -0.548 e.